The van der Waals surface area contributed by atoms with E-state index in [9.17, 15) is 0 Å². The van der Waals surface area contributed by atoms with Gasteiger partial charge in [-0.1, -0.05) is 23.4 Å². The second-order valence-electron chi connectivity index (χ2n) is 4.17. The SMILES string of the molecule is Nc1ccc(/C=C/c2nc(-c3ccccn3)no2)cc1. The maximum absolute atomic E-state index is 5.63. The number of hydrogen-bond donors (Lipinski definition) is 1. The van der Waals surface area contributed by atoms with Crippen molar-refractivity contribution in [3.63, 3.8) is 0 Å². The summed E-state index contributed by atoms with van der Waals surface area (Å²) in [5.74, 6) is 0.907. The van der Waals surface area contributed by atoms with Gasteiger partial charge in [-0.15, -0.1) is 0 Å². The highest BCUT2D eigenvalue weighted by molar-refractivity contribution is 5.67. The summed E-state index contributed by atoms with van der Waals surface area (Å²) in [5, 5.41) is 3.89. The second-order valence-corrected chi connectivity index (χ2v) is 4.17. The number of pyridine rings is 1. The Morgan fingerprint density at radius 1 is 1.00 bits per heavy atom. The van der Waals surface area contributed by atoms with E-state index < -0.39 is 0 Å². The molecule has 98 valence electrons. The molecular weight excluding hydrogens is 252 g/mol. The summed E-state index contributed by atoms with van der Waals surface area (Å²) >= 11 is 0. The minimum atomic E-state index is 0.433. The molecule has 3 aromatic rings. The van der Waals surface area contributed by atoms with Gasteiger partial charge in [0, 0.05) is 18.0 Å². The van der Waals surface area contributed by atoms with Crippen LogP contribution in [0.3, 0.4) is 0 Å². The fourth-order valence-corrected chi connectivity index (χ4v) is 1.68. The molecule has 20 heavy (non-hydrogen) atoms. The van der Waals surface area contributed by atoms with Crippen molar-refractivity contribution in [1.29, 1.82) is 0 Å². The van der Waals surface area contributed by atoms with E-state index in [0.717, 1.165) is 11.3 Å². The molecule has 5 heteroatoms. The normalized spacial score (nSPS) is 11.0. The Morgan fingerprint density at radius 2 is 1.85 bits per heavy atom. The van der Waals surface area contributed by atoms with Gasteiger partial charge in [-0.05, 0) is 35.9 Å². The molecule has 0 radical (unpaired) electrons. The van der Waals surface area contributed by atoms with Gasteiger partial charge in [0.1, 0.15) is 5.69 Å². The van der Waals surface area contributed by atoms with Crippen LogP contribution in [0.1, 0.15) is 11.5 Å². The Balaban J connectivity index is 1.79. The van der Waals surface area contributed by atoms with Gasteiger partial charge in [-0.3, -0.25) is 4.98 Å². The molecule has 3 rings (SSSR count). The van der Waals surface area contributed by atoms with Crippen LogP contribution in [0.15, 0.2) is 53.2 Å². The van der Waals surface area contributed by atoms with Crippen molar-refractivity contribution in [2.75, 3.05) is 5.73 Å². The Hall–Kier alpha value is -2.95. The summed E-state index contributed by atoms with van der Waals surface area (Å²) in [4.78, 5) is 8.43. The molecule has 2 aromatic heterocycles. The highest BCUT2D eigenvalue weighted by Crippen LogP contribution is 2.14. The van der Waals surface area contributed by atoms with Gasteiger partial charge in [0.15, 0.2) is 0 Å². The summed E-state index contributed by atoms with van der Waals surface area (Å²) in [7, 11) is 0. The summed E-state index contributed by atoms with van der Waals surface area (Å²) in [5.41, 5.74) is 8.06. The monoisotopic (exact) mass is 264 g/mol. The third-order valence-corrected chi connectivity index (χ3v) is 2.69. The number of nitrogens with two attached hydrogens (primary N) is 1. The molecule has 0 aliphatic heterocycles. The molecule has 0 aliphatic rings. The van der Waals surface area contributed by atoms with Crippen LogP contribution in [0.5, 0.6) is 0 Å². The van der Waals surface area contributed by atoms with Crippen molar-refractivity contribution in [2.24, 2.45) is 0 Å². The highest BCUT2D eigenvalue weighted by atomic mass is 16.5. The first-order valence-electron chi connectivity index (χ1n) is 6.10. The first kappa shape index (κ1) is 12.1. The van der Waals surface area contributed by atoms with Crippen LogP contribution in [-0.2, 0) is 0 Å². The molecule has 0 aliphatic carbocycles. The van der Waals surface area contributed by atoms with Gasteiger partial charge in [0.25, 0.3) is 5.89 Å². The Labute approximate surface area is 115 Å². The fraction of sp³-hybridized carbons (Fsp3) is 0. The number of aromatic nitrogens is 3. The van der Waals surface area contributed by atoms with E-state index in [4.69, 9.17) is 10.3 Å². The Bertz CT molecular complexity index is 717. The van der Waals surface area contributed by atoms with Crippen LogP contribution in [0.2, 0.25) is 0 Å². The third-order valence-electron chi connectivity index (χ3n) is 2.69. The van der Waals surface area contributed by atoms with E-state index in [0.29, 0.717) is 17.4 Å². The van der Waals surface area contributed by atoms with Crippen molar-refractivity contribution in [2.45, 2.75) is 0 Å². The van der Waals surface area contributed by atoms with E-state index in [2.05, 4.69) is 15.1 Å². The summed E-state index contributed by atoms with van der Waals surface area (Å²) in [6, 6.07) is 13.1. The third kappa shape index (κ3) is 2.72. The molecule has 2 N–H and O–H groups in total. The molecule has 0 bridgehead atoms. The molecule has 0 atom stereocenters. The maximum Gasteiger partial charge on any atom is 0.251 e. The zero-order valence-corrected chi connectivity index (χ0v) is 10.6. The summed E-state index contributed by atoms with van der Waals surface area (Å²) in [6.45, 7) is 0. The predicted molar refractivity (Wildman–Crippen MR) is 77.3 cm³/mol. The zero-order chi connectivity index (χ0) is 13.8. The average Bonchev–Trinajstić information content (AvgIpc) is 2.97. The van der Waals surface area contributed by atoms with Crippen LogP contribution >= 0.6 is 0 Å². The topological polar surface area (TPSA) is 77.8 Å². The van der Waals surface area contributed by atoms with Crippen molar-refractivity contribution in [1.82, 2.24) is 15.1 Å². The molecule has 0 amide bonds. The molecule has 5 nitrogen and oxygen atoms in total. The van der Waals surface area contributed by atoms with Crippen LogP contribution in [-0.4, -0.2) is 15.1 Å². The van der Waals surface area contributed by atoms with E-state index in [-0.39, 0.29) is 0 Å². The number of rotatable bonds is 3. The lowest BCUT2D eigenvalue weighted by atomic mass is 10.2. The van der Waals surface area contributed by atoms with Gasteiger partial charge in [0.05, 0.1) is 0 Å². The lowest BCUT2D eigenvalue weighted by molar-refractivity contribution is 0.411. The van der Waals surface area contributed by atoms with Crippen LogP contribution in [0, 0.1) is 0 Å². The van der Waals surface area contributed by atoms with E-state index in [1.807, 2.05) is 48.5 Å². The quantitative estimate of drug-likeness (QED) is 0.736. The minimum Gasteiger partial charge on any atom is -0.399 e. The number of nitrogens with zero attached hydrogens (tertiary/aromatic N) is 3. The number of nitrogen functional groups attached to an aromatic ring is 1. The lowest BCUT2D eigenvalue weighted by Gasteiger charge is -1.93. The van der Waals surface area contributed by atoms with Crippen molar-refractivity contribution < 1.29 is 4.52 Å². The van der Waals surface area contributed by atoms with Gasteiger partial charge in [-0.25, -0.2) is 0 Å². The molecular formula is C15H12N4O. The molecule has 2 heterocycles. The van der Waals surface area contributed by atoms with Crippen LogP contribution < -0.4 is 5.73 Å². The largest absolute Gasteiger partial charge is 0.399 e. The molecule has 1 aromatic carbocycles. The molecule has 0 unspecified atom stereocenters. The van der Waals surface area contributed by atoms with Gasteiger partial charge in [-0.2, -0.15) is 4.98 Å². The number of hydrogen-bond acceptors (Lipinski definition) is 5. The molecule has 0 saturated carbocycles. The Morgan fingerprint density at radius 3 is 2.60 bits per heavy atom. The van der Waals surface area contributed by atoms with Gasteiger partial charge >= 0.3 is 0 Å². The van der Waals surface area contributed by atoms with Crippen LogP contribution in [0.4, 0.5) is 5.69 Å². The average molecular weight is 264 g/mol. The predicted octanol–water partition coefficient (Wildman–Crippen LogP) is 2.88. The van der Waals surface area contributed by atoms with Gasteiger partial charge in [0.2, 0.25) is 5.82 Å². The lowest BCUT2D eigenvalue weighted by Crippen LogP contribution is -1.84. The first-order valence-corrected chi connectivity index (χ1v) is 6.10. The summed E-state index contributed by atoms with van der Waals surface area (Å²) in [6.07, 6.45) is 5.33. The number of anilines is 1. The fourth-order valence-electron chi connectivity index (χ4n) is 1.68. The van der Waals surface area contributed by atoms with Crippen molar-refractivity contribution in [3.8, 4) is 11.5 Å². The first-order chi connectivity index (χ1) is 9.81. The van der Waals surface area contributed by atoms with E-state index >= 15 is 0 Å². The van der Waals surface area contributed by atoms with E-state index in [1.54, 1.807) is 12.3 Å². The summed E-state index contributed by atoms with van der Waals surface area (Å²) < 4.78 is 5.15. The van der Waals surface area contributed by atoms with Crippen molar-refractivity contribution >= 4 is 17.8 Å². The molecule has 0 fully saturated rings. The van der Waals surface area contributed by atoms with Crippen LogP contribution in [0.25, 0.3) is 23.7 Å². The standard InChI is InChI=1S/C15H12N4O/c16-12-7-4-11(5-8-12)6-9-14-18-15(19-20-14)13-3-1-2-10-17-13/h1-10H,16H2/b9-6+. The van der Waals surface area contributed by atoms with E-state index in [1.165, 1.54) is 0 Å². The Kier molecular flexibility index (Phi) is 3.24. The number of benzene rings is 1. The van der Waals surface area contributed by atoms with Crippen molar-refractivity contribution in [3.05, 3.63) is 60.1 Å². The molecule has 0 saturated heterocycles. The second kappa shape index (κ2) is 5.36. The molecule has 0 spiro atoms. The zero-order valence-electron chi connectivity index (χ0n) is 10.6. The van der Waals surface area contributed by atoms with Gasteiger partial charge < -0.3 is 10.3 Å². The minimum absolute atomic E-state index is 0.433. The smallest absolute Gasteiger partial charge is 0.251 e. The highest BCUT2D eigenvalue weighted by Gasteiger charge is 2.06. The maximum atomic E-state index is 5.63.